The third-order valence-electron chi connectivity index (χ3n) is 2.46. The van der Waals surface area contributed by atoms with Gasteiger partial charge in [0.1, 0.15) is 0 Å². The highest BCUT2D eigenvalue weighted by Crippen LogP contribution is 2.31. The van der Waals surface area contributed by atoms with Gasteiger partial charge in [0.25, 0.3) is 0 Å². The van der Waals surface area contributed by atoms with Gasteiger partial charge >= 0.3 is 0 Å². The minimum atomic E-state index is 0.260. The van der Waals surface area contributed by atoms with Gasteiger partial charge in [-0.3, -0.25) is 0 Å². The molecule has 0 aliphatic heterocycles. The van der Waals surface area contributed by atoms with Crippen molar-refractivity contribution in [2.24, 2.45) is 5.92 Å². The topological polar surface area (TPSA) is 23.8 Å². The quantitative estimate of drug-likeness (QED) is 0.634. The molecule has 2 heteroatoms. The van der Waals surface area contributed by atoms with Crippen molar-refractivity contribution < 1.29 is 0 Å². The molecule has 1 fully saturated rings. The third-order valence-corrected chi connectivity index (χ3v) is 3.46. The lowest BCUT2D eigenvalue weighted by Crippen LogP contribution is -2.18. The van der Waals surface area contributed by atoms with E-state index in [1.54, 1.807) is 11.8 Å². The first-order valence-electron chi connectivity index (χ1n) is 4.31. The highest BCUT2D eigenvalue weighted by atomic mass is 32.2. The van der Waals surface area contributed by atoms with Gasteiger partial charge in [-0.25, -0.2) is 0 Å². The maximum Gasteiger partial charge on any atom is 0.0941 e. The molecular weight excluding hydrogens is 154 g/mol. The van der Waals surface area contributed by atoms with E-state index in [9.17, 15) is 0 Å². The molecule has 1 rings (SSSR count). The zero-order chi connectivity index (χ0) is 8.10. The van der Waals surface area contributed by atoms with Gasteiger partial charge in [0.2, 0.25) is 0 Å². The molecule has 11 heavy (non-hydrogen) atoms. The SMILES string of the molecule is CSC(C#N)C1CCCCC1. The molecule has 0 bridgehead atoms. The minimum Gasteiger partial charge on any atom is -0.197 e. The van der Waals surface area contributed by atoms with E-state index in [4.69, 9.17) is 5.26 Å². The third kappa shape index (κ3) is 2.41. The molecule has 1 unspecified atom stereocenters. The largest absolute Gasteiger partial charge is 0.197 e. The Morgan fingerprint density at radius 3 is 2.45 bits per heavy atom. The van der Waals surface area contributed by atoms with Crippen LogP contribution < -0.4 is 0 Å². The van der Waals surface area contributed by atoms with Gasteiger partial charge in [-0.15, -0.1) is 11.8 Å². The van der Waals surface area contributed by atoms with E-state index in [-0.39, 0.29) is 5.25 Å². The van der Waals surface area contributed by atoms with Crippen molar-refractivity contribution in [3.8, 4) is 6.07 Å². The van der Waals surface area contributed by atoms with Crippen molar-refractivity contribution in [1.29, 1.82) is 5.26 Å². The Balaban J connectivity index is 2.38. The number of thioether (sulfide) groups is 1. The Labute approximate surface area is 73.2 Å². The lowest BCUT2D eigenvalue weighted by atomic mass is 9.87. The maximum atomic E-state index is 8.81. The second-order valence-electron chi connectivity index (χ2n) is 3.18. The predicted molar refractivity (Wildman–Crippen MR) is 49.5 cm³/mol. The average molecular weight is 169 g/mol. The number of nitrogens with zero attached hydrogens (tertiary/aromatic N) is 1. The second-order valence-corrected chi connectivity index (χ2v) is 4.16. The van der Waals surface area contributed by atoms with Crippen LogP contribution in [0.2, 0.25) is 0 Å². The zero-order valence-corrected chi connectivity index (χ0v) is 7.86. The fourth-order valence-corrected chi connectivity index (χ4v) is 2.55. The van der Waals surface area contributed by atoms with Crippen LogP contribution >= 0.6 is 11.8 Å². The fraction of sp³-hybridized carbons (Fsp3) is 0.889. The molecular formula is C9H15NS. The molecule has 1 nitrogen and oxygen atoms in total. The van der Waals surface area contributed by atoms with Crippen LogP contribution in [0.4, 0.5) is 0 Å². The van der Waals surface area contributed by atoms with Crippen LogP contribution in [0.25, 0.3) is 0 Å². The van der Waals surface area contributed by atoms with Gasteiger partial charge in [0, 0.05) is 0 Å². The van der Waals surface area contributed by atoms with E-state index >= 15 is 0 Å². The summed E-state index contributed by atoms with van der Waals surface area (Å²) >= 11 is 1.72. The molecule has 0 radical (unpaired) electrons. The summed E-state index contributed by atoms with van der Waals surface area (Å²) < 4.78 is 0. The number of hydrogen-bond acceptors (Lipinski definition) is 2. The Morgan fingerprint density at radius 2 is 2.00 bits per heavy atom. The Hall–Kier alpha value is -0.160. The smallest absolute Gasteiger partial charge is 0.0941 e. The van der Waals surface area contributed by atoms with Crippen molar-refractivity contribution >= 4 is 11.8 Å². The molecule has 0 N–H and O–H groups in total. The van der Waals surface area contributed by atoms with Crippen LogP contribution in [0.1, 0.15) is 32.1 Å². The fourth-order valence-electron chi connectivity index (χ4n) is 1.79. The first-order chi connectivity index (χ1) is 5.38. The Kier molecular flexibility index (Phi) is 3.79. The zero-order valence-electron chi connectivity index (χ0n) is 7.05. The van der Waals surface area contributed by atoms with E-state index in [0.29, 0.717) is 5.92 Å². The summed E-state index contributed by atoms with van der Waals surface area (Å²) in [6.45, 7) is 0. The van der Waals surface area contributed by atoms with Crippen molar-refractivity contribution in [2.75, 3.05) is 6.26 Å². The standard InChI is InChI=1S/C9H15NS/c1-11-9(7-10)8-5-3-2-4-6-8/h8-9H,2-6H2,1H3. The second kappa shape index (κ2) is 4.66. The Bertz CT molecular complexity index is 144. The molecule has 0 aromatic rings. The molecule has 0 heterocycles. The molecule has 1 saturated carbocycles. The Morgan fingerprint density at radius 1 is 1.36 bits per heavy atom. The molecule has 0 saturated heterocycles. The summed E-state index contributed by atoms with van der Waals surface area (Å²) in [4.78, 5) is 0. The first-order valence-corrected chi connectivity index (χ1v) is 5.59. The van der Waals surface area contributed by atoms with Gasteiger partial charge in [-0.05, 0) is 25.0 Å². The normalized spacial score (nSPS) is 22.5. The van der Waals surface area contributed by atoms with Crippen LogP contribution in [0, 0.1) is 17.2 Å². The van der Waals surface area contributed by atoms with Crippen LogP contribution in [0.5, 0.6) is 0 Å². The highest BCUT2D eigenvalue weighted by molar-refractivity contribution is 7.99. The molecule has 0 aromatic carbocycles. The molecule has 1 atom stereocenters. The first kappa shape index (κ1) is 8.93. The minimum absolute atomic E-state index is 0.260. The summed E-state index contributed by atoms with van der Waals surface area (Å²) in [6.07, 6.45) is 8.65. The van der Waals surface area contributed by atoms with Gasteiger partial charge in [-0.2, -0.15) is 5.26 Å². The van der Waals surface area contributed by atoms with Crippen LogP contribution in [0.15, 0.2) is 0 Å². The van der Waals surface area contributed by atoms with Gasteiger partial charge < -0.3 is 0 Å². The van der Waals surface area contributed by atoms with Crippen LogP contribution in [-0.2, 0) is 0 Å². The van der Waals surface area contributed by atoms with Crippen molar-refractivity contribution in [3.05, 3.63) is 0 Å². The molecule has 0 spiro atoms. The number of rotatable bonds is 2. The highest BCUT2D eigenvalue weighted by Gasteiger charge is 2.21. The van der Waals surface area contributed by atoms with E-state index < -0.39 is 0 Å². The summed E-state index contributed by atoms with van der Waals surface area (Å²) in [7, 11) is 0. The van der Waals surface area contributed by atoms with E-state index in [1.165, 1.54) is 32.1 Å². The lowest BCUT2D eigenvalue weighted by molar-refractivity contribution is 0.370. The molecule has 0 amide bonds. The van der Waals surface area contributed by atoms with Crippen molar-refractivity contribution in [2.45, 2.75) is 37.4 Å². The molecule has 1 aliphatic carbocycles. The number of nitriles is 1. The van der Waals surface area contributed by atoms with E-state index in [0.717, 1.165) is 0 Å². The van der Waals surface area contributed by atoms with Crippen LogP contribution in [-0.4, -0.2) is 11.5 Å². The molecule has 62 valence electrons. The van der Waals surface area contributed by atoms with Crippen molar-refractivity contribution in [1.82, 2.24) is 0 Å². The van der Waals surface area contributed by atoms with Gasteiger partial charge in [0.15, 0.2) is 0 Å². The van der Waals surface area contributed by atoms with E-state index in [1.807, 2.05) is 6.26 Å². The summed E-state index contributed by atoms with van der Waals surface area (Å²) in [6, 6.07) is 2.38. The summed E-state index contributed by atoms with van der Waals surface area (Å²) in [5.74, 6) is 0.684. The summed E-state index contributed by atoms with van der Waals surface area (Å²) in [5.41, 5.74) is 0. The number of hydrogen-bond donors (Lipinski definition) is 0. The van der Waals surface area contributed by atoms with Crippen molar-refractivity contribution in [3.63, 3.8) is 0 Å². The average Bonchev–Trinajstić information content (AvgIpc) is 2.09. The molecule has 0 aromatic heterocycles. The lowest BCUT2D eigenvalue weighted by Gasteiger charge is -2.24. The van der Waals surface area contributed by atoms with Gasteiger partial charge in [-0.1, -0.05) is 19.3 Å². The monoisotopic (exact) mass is 169 g/mol. The van der Waals surface area contributed by atoms with E-state index in [2.05, 4.69) is 6.07 Å². The van der Waals surface area contributed by atoms with Gasteiger partial charge in [0.05, 0.1) is 11.3 Å². The molecule has 1 aliphatic rings. The summed E-state index contributed by atoms with van der Waals surface area (Å²) in [5, 5.41) is 9.07. The predicted octanol–water partition coefficient (Wildman–Crippen LogP) is 2.82. The van der Waals surface area contributed by atoms with Crippen LogP contribution in [0.3, 0.4) is 0 Å². The maximum absolute atomic E-state index is 8.81.